The van der Waals surface area contributed by atoms with E-state index in [0.717, 1.165) is 35.4 Å². The summed E-state index contributed by atoms with van der Waals surface area (Å²) in [6.07, 6.45) is 2.23. The van der Waals surface area contributed by atoms with Gasteiger partial charge in [-0.1, -0.05) is 31.5 Å². The summed E-state index contributed by atoms with van der Waals surface area (Å²) in [5.41, 5.74) is 4.73. The molecule has 5 aromatic rings. The molecule has 0 radical (unpaired) electrons. The molecule has 9 rings (SSSR count). The third-order valence-corrected chi connectivity index (χ3v) is 13.1. The number of anilines is 2. The fourth-order valence-corrected chi connectivity index (χ4v) is 10.8. The van der Waals surface area contributed by atoms with E-state index in [1.54, 1.807) is 11.0 Å². The number of fused-ring (bicyclic) bond motifs is 3. The Balaban J connectivity index is 1.15. The van der Waals surface area contributed by atoms with Crippen LogP contribution in [0.15, 0.2) is 24.5 Å². The highest BCUT2D eigenvalue weighted by molar-refractivity contribution is 7.23. The number of hydrogen-bond donors (Lipinski definition) is 1. The summed E-state index contributed by atoms with van der Waals surface area (Å²) in [5, 5.41) is 14.4. The van der Waals surface area contributed by atoms with Crippen molar-refractivity contribution in [1.82, 2.24) is 34.5 Å². The number of morpholine rings is 1. The summed E-state index contributed by atoms with van der Waals surface area (Å²) in [6, 6.07) is 5.25. The van der Waals surface area contributed by atoms with Crippen molar-refractivity contribution in [3.8, 4) is 23.2 Å². The number of alkyl halides is 1. The number of halogens is 5. The van der Waals surface area contributed by atoms with Gasteiger partial charge in [0.25, 0.3) is 0 Å². The molecule has 13 nitrogen and oxygen atoms in total. The quantitative estimate of drug-likeness (QED) is 0.195. The first kappa shape index (κ1) is 37.1. The Morgan fingerprint density at radius 2 is 2.05 bits per heavy atom. The topological polar surface area (TPSA) is 152 Å². The highest BCUT2D eigenvalue weighted by atomic mass is 35.5. The van der Waals surface area contributed by atoms with Crippen molar-refractivity contribution in [2.45, 2.75) is 56.5 Å². The van der Waals surface area contributed by atoms with Crippen molar-refractivity contribution < 1.29 is 27.4 Å². The van der Waals surface area contributed by atoms with E-state index in [-0.39, 0.29) is 97.3 Å². The monoisotopic (exact) mass is 826 g/mol. The number of nitriles is 1. The summed E-state index contributed by atoms with van der Waals surface area (Å²) >= 11 is 13.8. The summed E-state index contributed by atoms with van der Waals surface area (Å²) in [7, 11) is 0. The maximum Gasteiger partial charge on any atom is 0.346 e. The van der Waals surface area contributed by atoms with Gasteiger partial charge in [-0.25, -0.2) is 22.9 Å². The number of nitrogens with two attached hydrogens (primary N) is 1. The lowest BCUT2D eigenvalue weighted by molar-refractivity contribution is -0.186. The van der Waals surface area contributed by atoms with E-state index in [9.17, 15) is 14.4 Å². The van der Waals surface area contributed by atoms with Gasteiger partial charge in [0.2, 0.25) is 5.28 Å². The van der Waals surface area contributed by atoms with Crippen LogP contribution in [-0.4, -0.2) is 110 Å². The number of likely N-dealkylation sites (tertiary alicyclic amines) is 1. The minimum absolute atomic E-state index is 0.0174. The lowest BCUT2D eigenvalue weighted by Crippen LogP contribution is -2.79. The molecule has 2 N–H and O–H groups in total. The first-order valence-electron chi connectivity index (χ1n) is 18.2. The van der Waals surface area contributed by atoms with Crippen LogP contribution in [0.2, 0.25) is 10.3 Å². The van der Waals surface area contributed by atoms with E-state index < -0.39 is 35.0 Å². The van der Waals surface area contributed by atoms with Crippen LogP contribution in [0.5, 0.6) is 6.01 Å². The Morgan fingerprint density at radius 3 is 2.80 bits per heavy atom. The van der Waals surface area contributed by atoms with E-state index in [1.165, 1.54) is 18.5 Å². The molecule has 7 heterocycles. The number of nitrogens with zero attached hydrogens (tertiary/aromatic N) is 9. The average molecular weight is 828 g/mol. The Kier molecular flexibility index (Phi) is 9.01. The lowest BCUT2D eigenvalue weighted by atomic mass is 9.75. The van der Waals surface area contributed by atoms with Crippen LogP contribution in [0.1, 0.15) is 38.7 Å². The normalized spacial score (nSPS) is 25.1. The van der Waals surface area contributed by atoms with Crippen LogP contribution in [0.4, 0.5) is 28.8 Å². The van der Waals surface area contributed by atoms with Crippen molar-refractivity contribution in [3.05, 3.63) is 52.0 Å². The van der Waals surface area contributed by atoms with Gasteiger partial charge in [0.1, 0.15) is 52.9 Å². The van der Waals surface area contributed by atoms with Crippen LogP contribution in [0, 0.1) is 28.9 Å². The van der Waals surface area contributed by atoms with Crippen LogP contribution in [0.3, 0.4) is 0 Å². The van der Waals surface area contributed by atoms with Crippen molar-refractivity contribution in [1.29, 1.82) is 5.26 Å². The van der Waals surface area contributed by atoms with Gasteiger partial charge in [-0.05, 0) is 54.6 Å². The van der Waals surface area contributed by atoms with E-state index in [4.69, 9.17) is 43.4 Å². The predicted molar refractivity (Wildman–Crippen MR) is 205 cm³/mol. The number of nitrogen functional groups attached to an aromatic ring is 1. The van der Waals surface area contributed by atoms with Crippen molar-refractivity contribution in [2.24, 2.45) is 5.92 Å². The number of carbonyl (C=O) groups is 1. The molecule has 0 bridgehead atoms. The molecule has 4 saturated heterocycles. The zero-order chi connectivity index (χ0) is 39.3. The maximum atomic E-state index is 17.3. The molecule has 2 aromatic carbocycles. The molecule has 19 heteroatoms. The second-order valence-corrected chi connectivity index (χ2v) is 17.1. The molecule has 1 spiro atoms. The van der Waals surface area contributed by atoms with Crippen LogP contribution >= 0.6 is 34.5 Å². The van der Waals surface area contributed by atoms with Crippen molar-refractivity contribution >= 4 is 72.4 Å². The Hall–Kier alpha value is -4.47. The fraction of sp³-hybridized carbons (Fsp3) is 0.459. The molecule has 3 aromatic heterocycles. The number of thiophene rings is 1. The SMILES string of the molecule is CC(C)C1N(C(=O)n2cnc(Cl)n2)CC12CN(c1nc(OC[C@@]34CCCN3C[C@H](F)C4)nc3c(F)c(-c4ccc(F)c5sc(N)c(C#N)c45)c(Cl)cc13)CCO2. The number of amides is 1. The molecule has 292 valence electrons. The van der Waals surface area contributed by atoms with E-state index >= 15 is 8.78 Å². The van der Waals surface area contributed by atoms with Gasteiger partial charge in [-0.15, -0.1) is 16.4 Å². The summed E-state index contributed by atoms with van der Waals surface area (Å²) in [5.74, 6) is -1.15. The molecule has 1 amide bonds. The molecule has 2 unspecified atom stereocenters. The second-order valence-electron chi connectivity index (χ2n) is 15.3. The number of carbonyl (C=O) groups excluding carboxylic acids is 1. The zero-order valence-corrected chi connectivity index (χ0v) is 32.6. The molecule has 0 aliphatic carbocycles. The van der Waals surface area contributed by atoms with E-state index in [2.05, 4.69) is 20.0 Å². The molecule has 4 aliphatic heterocycles. The first-order chi connectivity index (χ1) is 26.8. The van der Waals surface area contributed by atoms with E-state index in [1.807, 2.05) is 24.8 Å². The minimum Gasteiger partial charge on any atom is -0.461 e. The smallest absolute Gasteiger partial charge is 0.346 e. The highest BCUT2D eigenvalue weighted by Gasteiger charge is 2.59. The summed E-state index contributed by atoms with van der Waals surface area (Å²) < 4.78 is 61.0. The molecule has 4 aliphatic rings. The molecule has 4 fully saturated rings. The number of hydrogen-bond acceptors (Lipinski definition) is 12. The zero-order valence-electron chi connectivity index (χ0n) is 30.2. The largest absolute Gasteiger partial charge is 0.461 e. The van der Waals surface area contributed by atoms with Gasteiger partial charge in [-0.3, -0.25) is 4.90 Å². The lowest BCUT2D eigenvalue weighted by Gasteiger charge is -2.61. The van der Waals surface area contributed by atoms with Gasteiger partial charge in [-0.2, -0.15) is 19.9 Å². The van der Waals surface area contributed by atoms with Crippen LogP contribution in [0.25, 0.3) is 32.1 Å². The maximum absolute atomic E-state index is 17.3. The third-order valence-electron chi connectivity index (χ3n) is 11.6. The second kappa shape index (κ2) is 13.6. The Bertz CT molecular complexity index is 2480. The van der Waals surface area contributed by atoms with Crippen LogP contribution in [-0.2, 0) is 4.74 Å². The molecule has 0 saturated carbocycles. The molecule has 56 heavy (non-hydrogen) atoms. The van der Waals surface area contributed by atoms with Gasteiger partial charge in [0.15, 0.2) is 5.82 Å². The summed E-state index contributed by atoms with van der Waals surface area (Å²) in [6.45, 7) is 6.27. The Morgan fingerprint density at radius 1 is 1.23 bits per heavy atom. The average Bonchev–Trinajstić information content (AvgIpc) is 3.92. The van der Waals surface area contributed by atoms with Gasteiger partial charge < -0.3 is 25.0 Å². The summed E-state index contributed by atoms with van der Waals surface area (Å²) in [4.78, 5) is 32.6. The number of aromatic nitrogens is 5. The van der Waals surface area contributed by atoms with Crippen LogP contribution < -0.4 is 15.4 Å². The fourth-order valence-electron chi connectivity index (χ4n) is 9.40. The van der Waals surface area contributed by atoms with Crippen molar-refractivity contribution in [3.63, 3.8) is 0 Å². The number of benzene rings is 2. The molecular weight excluding hydrogens is 792 g/mol. The van der Waals surface area contributed by atoms with Gasteiger partial charge in [0, 0.05) is 35.8 Å². The predicted octanol–water partition coefficient (Wildman–Crippen LogP) is 6.68. The Labute approximate surface area is 332 Å². The van der Waals surface area contributed by atoms with Crippen molar-refractivity contribution in [2.75, 3.05) is 56.6 Å². The van der Waals surface area contributed by atoms with E-state index in [0.29, 0.717) is 25.3 Å². The highest BCUT2D eigenvalue weighted by Crippen LogP contribution is 2.47. The van der Waals surface area contributed by atoms with Gasteiger partial charge >= 0.3 is 12.0 Å². The van der Waals surface area contributed by atoms with Gasteiger partial charge in [0.05, 0.1) is 46.6 Å². The molecular formula is C37H35Cl2F3N10O3S. The minimum atomic E-state index is -0.986. The number of ether oxygens (including phenoxy) is 2. The molecule has 4 atom stereocenters. The standard InChI is InChI=1S/C37H35Cl2F3N10O3S/c1-18(2)30-37(15-51(30)35(53)52-17-45-33(39)48-52)14-49(8-9-55-37)32-21-10-23(38)26(20-4-5-24(41)29-25(20)22(12-43)31(44)56-29)27(42)28(21)46-34(47-32)54-16-36-6-3-7-50(36)13-19(40)11-36/h4-5,10,17-19,30H,3,6-9,11,13-16,44H2,1-2H3/t19-,30?,36+,37?/m1/s1. The first-order valence-corrected chi connectivity index (χ1v) is 19.8. The number of rotatable bonds is 6. The third kappa shape index (κ3) is 5.74.